The highest BCUT2D eigenvalue weighted by Crippen LogP contribution is 2.20. The Labute approximate surface area is 135 Å². The maximum Gasteiger partial charge on any atom is 0.126 e. The molecule has 0 saturated carbocycles. The van der Waals surface area contributed by atoms with Gasteiger partial charge in [-0.05, 0) is 50.8 Å². The minimum absolute atomic E-state index is 0.118. The van der Waals surface area contributed by atoms with Gasteiger partial charge < -0.3 is 10.2 Å². The van der Waals surface area contributed by atoms with E-state index in [0.29, 0.717) is 12.5 Å². The monoisotopic (exact) mass is 357 g/mol. The van der Waals surface area contributed by atoms with Gasteiger partial charge in [-0.2, -0.15) is 0 Å². The van der Waals surface area contributed by atoms with E-state index in [1.165, 1.54) is 0 Å². The summed E-state index contributed by atoms with van der Waals surface area (Å²) < 4.78 is 15.0. The summed E-state index contributed by atoms with van der Waals surface area (Å²) in [6, 6.07) is 5.85. The van der Waals surface area contributed by atoms with Crippen molar-refractivity contribution >= 4 is 15.9 Å². The van der Waals surface area contributed by atoms with Crippen molar-refractivity contribution in [3.63, 3.8) is 0 Å². The van der Waals surface area contributed by atoms with E-state index in [9.17, 15) is 4.39 Å². The molecule has 1 heterocycles. The molecule has 1 aromatic carbocycles. The fraction of sp³-hybridized carbons (Fsp3) is 0.625. The van der Waals surface area contributed by atoms with Crippen LogP contribution in [0.15, 0.2) is 22.7 Å². The van der Waals surface area contributed by atoms with Gasteiger partial charge in [-0.3, -0.25) is 4.90 Å². The predicted molar refractivity (Wildman–Crippen MR) is 89.2 cm³/mol. The third kappa shape index (κ3) is 4.49. The van der Waals surface area contributed by atoms with Crippen molar-refractivity contribution in [1.29, 1.82) is 0 Å². The number of hydrogen-bond donors (Lipinski definition) is 1. The molecule has 2 atom stereocenters. The fourth-order valence-electron chi connectivity index (χ4n) is 3.02. The number of nitrogens with zero attached hydrogens (tertiary/aromatic N) is 2. The third-order valence-electron chi connectivity index (χ3n) is 4.28. The topological polar surface area (TPSA) is 18.5 Å². The van der Waals surface area contributed by atoms with Crippen LogP contribution >= 0.6 is 15.9 Å². The minimum Gasteiger partial charge on any atom is -0.312 e. The Kier molecular flexibility index (Phi) is 6.17. The first-order valence-corrected chi connectivity index (χ1v) is 8.36. The van der Waals surface area contributed by atoms with Crippen molar-refractivity contribution in [1.82, 2.24) is 15.1 Å². The van der Waals surface area contributed by atoms with Crippen molar-refractivity contribution < 1.29 is 4.39 Å². The van der Waals surface area contributed by atoms with Gasteiger partial charge in [-0.25, -0.2) is 4.39 Å². The molecule has 1 aliphatic rings. The van der Waals surface area contributed by atoms with Gasteiger partial charge in [0.05, 0.1) is 0 Å². The van der Waals surface area contributed by atoms with Crippen molar-refractivity contribution in [2.45, 2.75) is 25.4 Å². The Bertz CT molecular complexity index is 469. The fourth-order valence-corrected chi connectivity index (χ4v) is 3.43. The lowest BCUT2D eigenvalue weighted by Gasteiger charge is -2.42. The highest BCUT2D eigenvalue weighted by molar-refractivity contribution is 9.10. The lowest BCUT2D eigenvalue weighted by atomic mass is 9.96. The smallest absolute Gasteiger partial charge is 0.126 e. The molecule has 0 aromatic heterocycles. The number of hydrogen-bond acceptors (Lipinski definition) is 3. The molecule has 2 rings (SSSR count). The van der Waals surface area contributed by atoms with Gasteiger partial charge in [0.2, 0.25) is 0 Å². The Morgan fingerprint density at radius 1 is 1.38 bits per heavy atom. The van der Waals surface area contributed by atoms with Gasteiger partial charge in [0.1, 0.15) is 5.82 Å². The maximum absolute atomic E-state index is 14.0. The molecule has 118 valence electrons. The normalized spacial score (nSPS) is 22.4. The maximum atomic E-state index is 14.0. The number of benzene rings is 1. The van der Waals surface area contributed by atoms with E-state index in [2.05, 4.69) is 52.1 Å². The van der Waals surface area contributed by atoms with E-state index in [0.717, 1.165) is 36.2 Å². The SMILES string of the molecule is CCNC(Cc1cc(Br)ccc1F)C1CN(C)CCN1C. The van der Waals surface area contributed by atoms with Crippen LogP contribution in [-0.2, 0) is 6.42 Å². The van der Waals surface area contributed by atoms with Crippen molar-refractivity contribution in [3.05, 3.63) is 34.1 Å². The molecule has 1 N–H and O–H groups in total. The summed E-state index contributed by atoms with van der Waals surface area (Å²) in [6.45, 7) is 6.18. The average molecular weight is 358 g/mol. The first-order chi connectivity index (χ1) is 10.0. The predicted octanol–water partition coefficient (Wildman–Crippen LogP) is 2.35. The molecule has 0 amide bonds. The number of nitrogens with one attached hydrogen (secondary N) is 1. The van der Waals surface area contributed by atoms with E-state index < -0.39 is 0 Å². The van der Waals surface area contributed by atoms with Crippen LogP contribution in [0.25, 0.3) is 0 Å². The average Bonchev–Trinajstić information content (AvgIpc) is 2.45. The summed E-state index contributed by atoms with van der Waals surface area (Å²) in [4.78, 5) is 4.75. The van der Waals surface area contributed by atoms with Gasteiger partial charge in [0.25, 0.3) is 0 Å². The lowest BCUT2D eigenvalue weighted by Crippen LogP contribution is -2.59. The Morgan fingerprint density at radius 2 is 2.14 bits per heavy atom. The lowest BCUT2D eigenvalue weighted by molar-refractivity contribution is 0.0878. The van der Waals surface area contributed by atoms with E-state index in [1.807, 2.05) is 6.07 Å². The van der Waals surface area contributed by atoms with Crippen LogP contribution in [0.4, 0.5) is 4.39 Å². The summed E-state index contributed by atoms with van der Waals surface area (Å²) in [5, 5.41) is 3.55. The summed E-state index contributed by atoms with van der Waals surface area (Å²) in [5.74, 6) is -0.118. The zero-order chi connectivity index (χ0) is 15.4. The standard InChI is InChI=1S/C16H25BrFN3/c1-4-19-15(16-11-20(2)7-8-21(16)3)10-12-9-13(17)5-6-14(12)18/h5-6,9,15-16,19H,4,7-8,10-11H2,1-3H3. The highest BCUT2D eigenvalue weighted by atomic mass is 79.9. The first kappa shape index (κ1) is 16.9. The molecule has 3 nitrogen and oxygen atoms in total. The van der Waals surface area contributed by atoms with Gasteiger partial charge >= 0.3 is 0 Å². The van der Waals surface area contributed by atoms with Crippen molar-refractivity contribution in [2.75, 3.05) is 40.3 Å². The summed E-state index contributed by atoms with van der Waals surface area (Å²) in [5.41, 5.74) is 0.775. The van der Waals surface area contributed by atoms with Crippen molar-refractivity contribution in [3.8, 4) is 0 Å². The van der Waals surface area contributed by atoms with Crippen LogP contribution in [0.3, 0.4) is 0 Å². The largest absolute Gasteiger partial charge is 0.312 e. The van der Waals surface area contributed by atoms with Crippen LogP contribution in [0, 0.1) is 5.82 Å². The van der Waals surface area contributed by atoms with Gasteiger partial charge in [0, 0.05) is 36.2 Å². The van der Waals surface area contributed by atoms with Crippen LogP contribution in [0.5, 0.6) is 0 Å². The van der Waals surface area contributed by atoms with E-state index >= 15 is 0 Å². The second kappa shape index (κ2) is 7.68. The first-order valence-electron chi connectivity index (χ1n) is 7.57. The van der Waals surface area contributed by atoms with Crippen LogP contribution in [0.2, 0.25) is 0 Å². The molecule has 1 aromatic rings. The molecule has 0 radical (unpaired) electrons. The van der Waals surface area contributed by atoms with Gasteiger partial charge in [-0.15, -0.1) is 0 Å². The van der Waals surface area contributed by atoms with Crippen LogP contribution in [-0.4, -0.2) is 62.2 Å². The molecule has 0 spiro atoms. The molecule has 5 heteroatoms. The van der Waals surface area contributed by atoms with Crippen LogP contribution < -0.4 is 5.32 Å². The van der Waals surface area contributed by atoms with Crippen LogP contribution in [0.1, 0.15) is 12.5 Å². The molecule has 1 aliphatic heterocycles. The van der Waals surface area contributed by atoms with Gasteiger partial charge in [0.15, 0.2) is 0 Å². The second-order valence-corrected chi connectivity index (χ2v) is 6.83. The summed E-state index contributed by atoms with van der Waals surface area (Å²) in [7, 11) is 4.32. The quantitative estimate of drug-likeness (QED) is 0.872. The molecule has 1 fully saturated rings. The Balaban J connectivity index is 2.16. The number of likely N-dealkylation sites (N-methyl/N-ethyl adjacent to an activating group) is 3. The van der Waals surface area contributed by atoms with Crippen molar-refractivity contribution in [2.24, 2.45) is 0 Å². The van der Waals surface area contributed by atoms with E-state index in [1.54, 1.807) is 12.1 Å². The van der Waals surface area contributed by atoms with E-state index in [-0.39, 0.29) is 11.9 Å². The Morgan fingerprint density at radius 3 is 2.86 bits per heavy atom. The molecule has 0 bridgehead atoms. The number of piperazine rings is 1. The van der Waals surface area contributed by atoms with E-state index in [4.69, 9.17) is 0 Å². The summed E-state index contributed by atoms with van der Waals surface area (Å²) in [6.07, 6.45) is 0.710. The highest BCUT2D eigenvalue weighted by Gasteiger charge is 2.29. The molecular formula is C16H25BrFN3. The number of rotatable bonds is 5. The minimum atomic E-state index is -0.118. The second-order valence-electron chi connectivity index (χ2n) is 5.91. The molecule has 0 aliphatic carbocycles. The Hall–Kier alpha value is -0.490. The molecule has 21 heavy (non-hydrogen) atoms. The zero-order valence-corrected chi connectivity index (χ0v) is 14.7. The number of halogens is 2. The third-order valence-corrected chi connectivity index (χ3v) is 4.77. The molecule has 1 saturated heterocycles. The summed E-state index contributed by atoms with van der Waals surface area (Å²) >= 11 is 3.44. The molecule has 2 unspecified atom stereocenters. The molecular weight excluding hydrogens is 333 g/mol. The van der Waals surface area contributed by atoms with Gasteiger partial charge in [-0.1, -0.05) is 22.9 Å². The zero-order valence-electron chi connectivity index (χ0n) is 13.1.